The van der Waals surface area contributed by atoms with Gasteiger partial charge in [0.05, 0.1) is 12.8 Å². The Hall–Kier alpha value is -2.70. The zero-order chi connectivity index (χ0) is 19.1. The van der Waals surface area contributed by atoms with E-state index in [1.165, 1.54) is 17.3 Å². The number of carbonyl (C=O) groups excluding carboxylic acids is 1. The zero-order valence-electron chi connectivity index (χ0n) is 15.6. The number of nitrogens with zero attached hydrogens (tertiary/aromatic N) is 3. The Balaban J connectivity index is 1.38. The van der Waals surface area contributed by atoms with Crippen LogP contribution in [0.2, 0.25) is 0 Å². The second-order valence-corrected chi connectivity index (χ2v) is 6.93. The molecule has 0 spiro atoms. The molecule has 2 N–H and O–H groups in total. The standard InChI is InChI=1S/C21H26N4O2/c1-17-5-7-18(8-6-17)15-24-9-11-25(12-10-24)16-21(27)23-22-14-19-3-2-4-20(26)13-19/h2-8,13-14,26H,9-12,15-16H2,1H3,(H,23,27)/b22-14-. The molecule has 0 bridgehead atoms. The number of aryl methyl sites for hydroxylation is 1. The highest BCUT2D eigenvalue weighted by Crippen LogP contribution is 2.10. The minimum absolute atomic E-state index is 0.126. The number of amides is 1. The van der Waals surface area contributed by atoms with E-state index in [0.717, 1.165) is 38.3 Å². The van der Waals surface area contributed by atoms with E-state index in [0.29, 0.717) is 6.54 Å². The number of hydrogen-bond donors (Lipinski definition) is 2. The molecule has 1 fully saturated rings. The maximum Gasteiger partial charge on any atom is 0.254 e. The van der Waals surface area contributed by atoms with Crippen molar-refractivity contribution in [3.05, 3.63) is 65.2 Å². The fraction of sp³-hybridized carbons (Fsp3) is 0.333. The average molecular weight is 366 g/mol. The number of hydrazone groups is 1. The summed E-state index contributed by atoms with van der Waals surface area (Å²) in [6.45, 7) is 7.04. The summed E-state index contributed by atoms with van der Waals surface area (Å²) in [4.78, 5) is 16.6. The smallest absolute Gasteiger partial charge is 0.254 e. The predicted octanol–water partition coefficient (Wildman–Crippen LogP) is 1.97. The quantitative estimate of drug-likeness (QED) is 0.606. The van der Waals surface area contributed by atoms with E-state index in [1.807, 2.05) is 6.07 Å². The lowest BCUT2D eigenvalue weighted by Crippen LogP contribution is -2.48. The lowest BCUT2D eigenvalue weighted by molar-refractivity contribution is -0.122. The van der Waals surface area contributed by atoms with Gasteiger partial charge in [0.1, 0.15) is 5.75 Å². The van der Waals surface area contributed by atoms with Crippen LogP contribution < -0.4 is 5.43 Å². The maximum atomic E-state index is 12.0. The largest absolute Gasteiger partial charge is 0.508 e. The number of rotatable bonds is 6. The molecule has 0 saturated carbocycles. The molecule has 1 aliphatic heterocycles. The third-order valence-corrected chi connectivity index (χ3v) is 4.63. The molecule has 2 aromatic rings. The fourth-order valence-corrected chi connectivity index (χ4v) is 3.08. The van der Waals surface area contributed by atoms with Crippen molar-refractivity contribution in [3.8, 4) is 5.75 Å². The van der Waals surface area contributed by atoms with Gasteiger partial charge < -0.3 is 5.11 Å². The van der Waals surface area contributed by atoms with E-state index in [1.54, 1.807) is 18.2 Å². The van der Waals surface area contributed by atoms with Crippen molar-refractivity contribution >= 4 is 12.1 Å². The van der Waals surface area contributed by atoms with Crippen LogP contribution in [0.25, 0.3) is 0 Å². The second-order valence-electron chi connectivity index (χ2n) is 6.93. The van der Waals surface area contributed by atoms with E-state index >= 15 is 0 Å². The van der Waals surface area contributed by atoms with Crippen molar-refractivity contribution in [3.63, 3.8) is 0 Å². The van der Waals surface area contributed by atoms with Crippen LogP contribution >= 0.6 is 0 Å². The first kappa shape index (κ1) is 19.1. The molecular formula is C21H26N4O2. The summed E-state index contributed by atoms with van der Waals surface area (Å²) in [6, 6.07) is 15.4. The highest BCUT2D eigenvalue weighted by molar-refractivity contribution is 5.83. The molecule has 0 unspecified atom stereocenters. The molecule has 0 atom stereocenters. The molecule has 1 saturated heterocycles. The summed E-state index contributed by atoms with van der Waals surface area (Å²) in [7, 11) is 0. The van der Waals surface area contributed by atoms with Gasteiger partial charge in [-0.15, -0.1) is 0 Å². The average Bonchev–Trinajstić information content (AvgIpc) is 2.65. The molecule has 0 aliphatic carbocycles. The number of aromatic hydroxyl groups is 1. The van der Waals surface area contributed by atoms with E-state index < -0.39 is 0 Å². The molecule has 1 heterocycles. The summed E-state index contributed by atoms with van der Waals surface area (Å²) >= 11 is 0. The molecule has 0 radical (unpaired) electrons. The number of nitrogens with one attached hydrogen (secondary N) is 1. The van der Waals surface area contributed by atoms with Gasteiger partial charge in [0.15, 0.2) is 0 Å². The Morgan fingerprint density at radius 3 is 2.52 bits per heavy atom. The van der Waals surface area contributed by atoms with Gasteiger partial charge in [0.2, 0.25) is 0 Å². The van der Waals surface area contributed by atoms with Crippen LogP contribution in [-0.2, 0) is 11.3 Å². The van der Waals surface area contributed by atoms with Gasteiger partial charge >= 0.3 is 0 Å². The number of phenols is 1. The number of phenolic OH excluding ortho intramolecular Hbond substituents is 1. The van der Waals surface area contributed by atoms with Crippen molar-refractivity contribution in [2.45, 2.75) is 13.5 Å². The van der Waals surface area contributed by atoms with Gasteiger partial charge in [0.25, 0.3) is 5.91 Å². The Kier molecular flexibility index (Phi) is 6.57. The molecule has 6 nitrogen and oxygen atoms in total. The zero-order valence-corrected chi connectivity index (χ0v) is 15.6. The first-order valence-electron chi connectivity index (χ1n) is 9.20. The van der Waals surface area contributed by atoms with Crippen LogP contribution in [0.1, 0.15) is 16.7 Å². The fourth-order valence-electron chi connectivity index (χ4n) is 3.08. The molecular weight excluding hydrogens is 340 g/mol. The third-order valence-electron chi connectivity index (χ3n) is 4.63. The molecule has 3 rings (SSSR count). The SMILES string of the molecule is Cc1ccc(CN2CCN(CC(=O)N/N=C\c3cccc(O)c3)CC2)cc1. The Labute approximate surface area is 160 Å². The van der Waals surface area contributed by atoms with Gasteiger partial charge in [-0.1, -0.05) is 42.0 Å². The number of piperazine rings is 1. The minimum atomic E-state index is -0.126. The van der Waals surface area contributed by atoms with Crippen molar-refractivity contribution in [1.29, 1.82) is 0 Å². The Morgan fingerprint density at radius 1 is 1.11 bits per heavy atom. The number of benzene rings is 2. The normalized spacial score (nSPS) is 15.9. The van der Waals surface area contributed by atoms with Crippen molar-refractivity contribution in [2.75, 3.05) is 32.7 Å². The van der Waals surface area contributed by atoms with E-state index in [4.69, 9.17) is 0 Å². The maximum absolute atomic E-state index is 12.0. The van der Waals surface area contributed by atoms with Crippen LogP contribution in [0.5, 0.6) is 5.75 Å². The lowest BCUT2D eigenvalue weighted by atomic mass is 10.1. The molecule has 0 aromatic heterocycles. The third kappa shape index (κ3) is 6.20. The Bertz CT molecular complexity index is 781. The lowest BCUT2D eigenvalue weighted by Gasteiger charge is -2.34. The predicted molar refractivity (Wildman–Crippen MR) is 107 cm³/mol. The topological polar surface area (TPSA) is 68.2 Å². The van der Waals surface area contributed by atoms with Gasteiger partial charge in [-0.3, -0.25) is 14.6 Å². The van der Waals surface area contributed by atoms with Crippen LogP contribution in [0, 0.1) is 6.92 Å². The van der Waals surface area contributed by atoms with Crippen molar-refractivity contribution in [2.24, 2.45) is 5.10 Å². The minimum Gasteiger partial charge on any atom is -0.508 e. The molecule has 142 valence electrons. The molecule has 6 heteroatoms. The number of hydrogen-bond acceptors (Lipinski definition) is 5. The van der Waals surface area contributed by atoms with Gasteiger partial charge in [0, 0.05) is 32.7 Å². The van der Waals surface area contributed by atoms with Crippen LogP contribution in [0.3, 0.4) is 0 Å². The number of carbonyl (C=O) groups is 1. The summed E-state index contributed by atoms with van der Waals surface area (Å²) in [5.74, 6) is 0.0483. The summed E-state index contributed by atoms with van der Waals surface area (Å²) < 4.78 is 0. The van der Waals surface area contributed by atoms with Gasteiger partial charge in [-0.25, -0.2) is 5.43 Å². The van der Waals surface area contributed by atoms with E-state index in [-0.39, 0.29) is 11.7 Å². The first-order valence-corrected chi connectivity index (χ1v) is 9.20. The Morgan fingerprint density at radius 2 is 1.81 bits per heavy atom. The highest BCUT2D eigenvalue weighted by Gasteiger charge is 2.18. The van der Waals surface area contributed by atoms with E-state index in [9.17, 15) is 9.90 Å². The highest BCUT2D eigenvalue weighted by atomic mass is 16.3. The van der Waals surface area contributed by atoms with Crippen LogP contribution in [-0.4, -0.2) is 59.8 Å². The summed E-state index contributed by atoms with van der Waals surface area (Å²) in [6.07, 6.45) is 1.52. The molecule has 1 amide bonds. The molecule has 2 aromatic carbocycles. The van der Waals surface area contributed by atoms with Gasteiger partial charge in [-0.2, -0.15) is 5.10 Å². The summed E-state index contributed by atoms with van der Waals surface area (Å²) in [5.41, 5.74) is 5.89. The van der Waals surface area contributed by atoms with E-state index in [2.05, 4.69) is 51.5 Å². The second kappa shape index (κ2) is 9.30. The van der Waals surface area contributed by atoms with Crippen molar-refractivity contribution < 1.29 is 9.90 Å². The van der Waals surface area contributed by atoms with Crippen LogP contribution in [0.15, 0.2) is 53.6 Å². The molecule has 27 heavy (non-hydrogen) atoms. The summed E-state index contributed by atoms with van der Waals surface area (Å²) in [5, 5.41) is 13.4. The van der Waals surface area contributed by atoms with Gasteiger partial charge in [-0.05, 0) is 30.2 Å². The monoisotopic (exact) mass is 366 g/mol. The first-order chi connectivity index (χ1) is 13.1. The molecule has 1 aliphatic rings. The van der Waals surface area contributed by atoms with Crippen LogP contribution in [0.4, 0.5) is 0 Å². The van der Waals surface area contributed by atoms with Crippen molar-refractivity contribution in [1.82, 2.24) is 15.2 Å².